The lowest BCUT2D eigenvalue weighted by atomic mass is 9.81. The predicted molar refractivity (Wildman–Crippen MR) is 141 cm³/mol. The van der Waals surface area contributed by atoms with Gasteiger partial charge in [0.15, 0.2) is 11.5 Å². The third-order valence-corrected chi connectivity index (χ3v) is 8.06. The first-order valence-corrected chi connectivity index (χ1v) is 13.3. The van der Waals surface area contributed by atoms with Gasteiger partial charge in [-0.3, -0.25) is 9.59 Å². The number of carbonyl (C=O) groups excluding carboxylic acids is 2. The van der Waals surface area contributed by atoms with Gasteiger partial charge in [0.25, 0.3) is 5.91 Å². The molecule has 0 unspecified atom stereocenters. The number of benzene rings is 2. The summed E-state index contributed by atoms with van der Waals surface area (Å²) in [5.74, 6) is -0.201. The van der Waals surface area contributed by atoms with E-state index in [1.807, 2.05) is 42.5 Å². The van der Waals surface area contributed by atoms with Crippen LogP contribution in [0.3, 0.4) is 0 Å². The molecule has 0 spiro atoms. The predicted octanol–water partition coefficient (Wildman–Crippen LogP) is 5.77. The van der Waals surface area contributed by atoms with Crippen molar-refractivity contribution in [2.45, 2.75) is 63.3 Å². The molecule has 2 heterocycles. The van der Waals surface area contributed by atoms with Crippen molar-refractivity contribution in [3.05, 3.63) is 66.9 Å². The second-order valence-corrected chi connectivity index (χ2v) is 10.7. The lowest BCUT2D eigenvalue weighted by molar-refractivity contribution is -0.126. The van der Waals surface area contributed by atoms with Crippen molar-refractivity contribution in [1.82, 2.24) is 20.1 Å². The molecule has 2 aromatic heterocycles. The summed E-state index contributed by atoms with van der Waals surface area (Å²) in [6, 6.07) is 17.9. The fourth-order valence-electron chi connectivity index (χ4n) is 5.51. The molecule has 192 valence electrons. The minimum atomic E-state index is -0.935. The number of amides is 1. The number of nitriles is 1. The summed E-state index contributed by atoms with van der Waals surface area (Å²) in [7, 11) is 0. The van der Waals surface area contributed by atoms with Crippen LogP contribution < -0.4 is 5.32 Å². The van der Waals surface area contributed by atoms with Crippen molar-refractivity contribution in [2.75, 3.05) is 0 Å². The highest BCUT2D eigenvalue weighted by Crippen LogP contribution is 2.49. The number of fused-ring (bicyclic) bond motifs is 1. The summed E-state index contributed by atoms with van der Waals surface area (Å²) in [5.41, 5.74) is 2.02. The summed E-state index contributed by atoms with van der Waals surface area (Å²) in [5, 5.41) is 17.6. The van der Waals surface area contributed by atoms with Crippen LogP contribution in [0.4, 0.5) is 0 Å². The second-order valence-electron chi connectivity index (χ2n) is 10.7. The standard InChI is InChI=1S/C30H29N5O3/c31-18-29(13-14-29)17-27(36)30(11-3-1-2-4-12-30)34-28(37)26-16-23-6-5-22(15-25(23)38-26)21-7-9-24(10-8-21)35-20-32-19-33-35/h5-10,15-16,19-20H,1-4,11-14,17H2,(H,34,37). The van der Waals surface area contributed by atoms with Gasteiger partial charge in [-0.1, -0.05) is 49.9 Å². The zero-order valence-electron chi connectivity index (χ0n) is 21.2. The summed E-state index contributed by atoms with van der Waals surface area (Å²) >= 11 is 0. The molecule has 4 aromatic rings. The highest BCUT2D eigenvalue weighted by Gasteiger charge is 2.50. The molecule has 2 aliphatic carbocycles. The molecule has 2 aromatic carbocycles. The topological polar surface area (TPSA) is 114 Å². The number of nitrogens with one attached hydrogen (secondary N) is 1. The average molecular weight is 508 g/mol. The maximum atomic E-state index is 13.5. The van der Waals surface area contributed by atoms with E-state index in [1.54, 1.807) is 17.1 Å². The number of nitrogens with zero attached hydrogens (tertiary/aromatic N) is 4. The molecule has 0 atom stereocenters. The Morgan fingerprint density at radius 2 is 1.71 bits per heavy atom. The van der Waals surface area contributed by atoms with Gasteiger partial charge in [-0.2, -0.15) is 10.4 Å². The van der Waals surface area contributed by atoms with Crippen LogP contribution in [0.5, 0.6) is 0 Å². The number of furan rings is 1. The van der Waals surface area contributed by atoms with E-state index in [0.717, 1.165) is 60.7 Å². The van der Waals surface area contributed by atoms with E-state index in [9.17, 15) is 14.9 Å². The zero-order valence-corrected chi connectivity index (χ0v) is 21.2. The van der Waals surface area contributed by atoms with Gasteiger partial charge in [-0.25, -0.2) is 9.67 Å². The first-order chi connectivity index (χ1) is 18.5. The van der Waals surface area contributed by atoms with Gasteiger partial charge in [0, 0.05) is 11.8 Å². The summed E-state index contributed by atoms with van der Waals surface area (Å²) in [4.78, 5) is 30.9. The molecular weight excluding hydrogens is 478 g/mol. The molecule has 0 bridgehead atoms. The molecule has 8 nitrogen and oxygen atoms in total. The second kappa shape index (κ2) is 9.56. The molecule has 2 fully saturated rings. The van der Waals surface area contributed by atoms with E-state index in [2.05, 4.69) is 21.5 Å². The summed E-state index contributed by atoms with van der Waals surface area (Å²) in [6.07, 6.45) is 9.93. The highest BCUT2D eigenvalue weighted by atomic mass is 16.3. The van der Waals surface area contributed by atoms with Crippen LogP contribution in [0.2, 0.25) is 0 Å². The number of carbonyl (C=O) groups is 2. The molecule has 1 amide bonds. The number of Topliss-reactive ketones (excluding diaryl/α,β-unsaturated/α-hetero) is 1. The minimum absolute atomic E-state index is 0.0143. The molecule has 0 saturated heterocycles. The van der Waals surface area contributed by atoms with Crippen LogP contribution in [0, 0.1) is 16.7 Å². The van der Waals surface area contributed by atoms with Gasteiger partial charge in [0.1, 0.15) is 18.2 Å². The van der Waals surface area contributed by atoms with E-state index >= 15 is 0 Å². The van der Waals surface area contributed by atoms with Crippen molar-refractivity contribution in [3.8, 4) is 22.9 Å². The van der Waals surface area contributed by atoms with Gasteiger partial charge < -0.3 is 9.73 Å². The van der Waals surface area contributed by atoms with Crippen molar-refractivity contribution in [1.29, 1.82) is 5.26 Å². The number of hydrogen-bond acceptors (Lipinski definition) is 6. The quantitative estimate of drug-likeness (QED) is 0.318. The van der Waals surface area contributed by atoms with Crippen molar-refractivity contribution in [3.63, 3.8) is 0 Å². The van der Waals surface area contributed by atoms with E-state index < -0.39 is 11.0 Å². The molecule has 0 radical (unpaired) electrons. The van der Waals surface area contributed by atoms with Gasteiger partial charge >= 0.3 is 0 Å². The Bertz CT molecular complexity index is 1520. The number of hydrogen-bond donors (Lipinski definition) is 1. The monoisotopic (exact) mass is 507 g/mol. The Morgan fingerprint density at radius 3 is 2.37 bits per heavy atom. The highest BCUT2D eigenvalue weighted by molar-refractivity contribution is 6.01. The van der Waals surface area contributed by atoms with Crippen LogP contribution in [0.25, 0.3) is 27.8 Å². The molecule has 38 heavy (non-hydrogen) atoms. The first-order valence-electron chi connectivity index (χ1n) is 13.3. The van der Waals surface area contributed by atoms with E-state index in [1.165, 1.54) is 6.33 Å². The Morgan fingerprint density at radius 1 is 0.974 bits per heavy atom. The van der Waals surface area contributed by atoms with Crippen molar-refractivity contribution >= 4 is 22.7 Å². The molecule has 0 aliphatic heterocycles. The lowest BCUT2D eigenvalue weighted by Crippen LogP contribution is -2.54. The molecule has 1 N–H and O–H groups in total. The molecule has 2 saturated carbocycles. The van der Waals surface area contributed by atoms with Crippen molar-refractivity contribution < 1.29 is 14.0 Å². The number of rotatable bonds is 7. The maximum absolute atomic E-state index is 13.5. The van der Waals surface area contributed by atoms with Crippen LogP contribution in [-0.2, 0) is 4.79 Å². The van der Waals surface area contributed by atoms with E-state index in [0.29, 0.717) is 18.4 Å². The smallest absolute Gasteiger partial charge is 0.287 e. The Kier molecular flexibility index (Phi) is 6.07. The fraction of sp³-hybridized carbons (Fsp3) is 0.367. The SMILES string of the molecule is N#CC1(CC(=O)C2(NC(=O)c3cc4ccc(-c5ccc(-n6cncn6)cc5)cc4o3)CCCCCC2)CC1. The largest absolute Gasteiger partial charge is 0.451 e. The van der Waals surface area contributed by atoms with Crippen LogP contribution in [0.1, 0.15) is 68.3 Å². The van der Waals surface area contributed by atoms with Gasteiger partial charge in [0.05, 0.1) is 22.7 Å². The van der Waals surface area contributed by atoms with Crippen molar-refractivity contribution in [2.24, 2.45) is 5.41 Å². The molecule has 6 rings (SSSR count). The fourth-order valence-corrected chi connectivity index (χ4v) is 5.51. The van der Waals surface area contributed by atoms with Crippen LogP contribution >= 0.6 is 0 Å². The molecule has 8 heteroatoms. The normalized spacial score (nSPS) is 17.9. The zero-order chi connectivity index (χ0) is 26.2. The number of ketones is 1. The Labute approximate surface area is 220 Å². The first kappa shape index (κ1) is 24.1. The Hall–Kier alpha value is -4.25. The minimum Gasteiger partial charge on any atom is -0.451 e. The van der Waals surface area contributed by atoms with Gasteiger partial charge in [-0.05, 0) is 61.1 Å². The molecule has 2 aliphatic rings. The number of aromatic nitrogens is 3. The Balaban J connectivity index is 1.23. The third kappa shape index (κ3) is 4.60. The van der Waals surface area contributed by atoms with Gasteiger partial charge in [-0.15, -0.1) is 0 Å². The average Bonchev–Trinajstić information content (AvgIpc) is 3.36. The summed E-state index contributed by atoms with van der Waals surface area (Å²) < 4.78 is 7.70. The third-order valence-electron chi connectivity index (χ3n) is 8.06. The lowest BCUT2D eigenvalue weighted by Gasteiger charge is -2.33. The van der Waals surface area contributed by atoms with Gasteiger partial charge in [0.2, 0.25) is 0 Å². The summed E-state index contributed by atoms with van der Waals surface area (Å²) in [6.45, 7) is 0. The maximum Gasteiger partial charge on any atom is 0.287 e. The molecular formula is C30H29N5O3. The van der Waals surface area contributed by atoms with Crippen LogP contribution in [-0.4, -0.2) is 32.0 Å². The van der Waals surface area contributed by atoms with Crippen LogP contribution in [0.15, 0.2) is 65.6 Å². The van der Waals surface area contributed by atoms with E-state index in [4.69, 9.17) is 4.42 Å². The van der Waals surface area contributed by atoms with E-state index in [-0.39, 0.29) is 23.9 Å².